The summed E-state index contributed by atoms with van der Waals surface area (Å²) < 4.78 is 0. The molecule has 2 N–H and O–H groups in total. The summed E-state index contributed by atoms with van der Waals surface area (Å²) in [6.45, 7) is 10.1. The van der Waals surface area contributed by atoms with Crippen molar-refractivity contribution < 1.29 is 0 Å². The summed E-state index contributed by atoms with van der Waals surface area (Å²) >= 11 is 0. The lowest BCUT2D eigenvalue weighted by Gasteiger charge is -2.15. The third-order valence-corrected chi connectivity index (χ3v) is 2.16. The Morgan fingerprint density at radius 3 is 2.18 bits per heavy atom. The first-order chi connectivity index (χ1) is 5.18. The van der Waals surface area contributed by atoms with Crippen LogP contribution in [0, 0.1) is 11.8 Å². The van der Waals surface area contributed by atoms with Gasteiger partial charge in [-0.3, -0.25) is 0 Å². The van der Waals surface area contributed by atoms with Crippen LogP contribution in [0.2, 0.25) is 0 Å². The predicted octanol–water partition coefficient (Wildman–Crippen LogP) is 1.09. The van der Waals surface area contributed by atoms with Crippen molar-refractivity contribution in [1.82, 2.24) is 10.6 Å². The van der Waals surface area contributed by atoms with Crippen LogP contribution in [0.4, 0.5) is 0 Å². The van der Waals surface area contributed by atoms with E-state index >= 15 is 0 Å². The minimum atomic E-state index is 0.784. The van der Waals surface area contributed by atoms with Gasteiger partial charge in [-0.1, -0.05) is 20.8 Å². The lowest BCUT2D eigenvalue weighted by Crippen LogP contribution is -2.30. The van der Waals surface area contributed by atoms with Gasteiger partial charge in [0.2, 0.25) is 0 Å². The molecule has 0 unspecified atom stereocenters. The highest BCUT2D eigenvalue weighted by Gasteiger charge is 2.04. The summed E-state index contributed by atoms with van der Waals surface area (Å²) in [5.41, 5.74) is 0. The first kappa shape index (κ1) is 10.9. The first-order valence-corrected chi connectivity index (χ1v) is 4.53. The van der Waals surface area contributed by atoms with E-state index in [0.717, 1.165) is 31.5 Å². The van der Waals surface area contributed by atoms with E-state index in [2.05, 4.69) is 31.4 Å². The minimum absolute atomic E-state index is 0.784. The lowest BCUT2D eigenvalue weighted by molar-refractivity contribution is 0.393. The second-order valence-corrected chi connectivity index (χ2v) is 3.53. The topological polar surface area (TPSA) is 24.1 Å². The molecule has 0 heterocycles. The molecule has 0 bridgehead atoms. The molecule has 0 fully saturated rings. The fraction of sp³-hybridized carbons (Fsp3) is 1.00. The van der Waals surface area contributed by atoms with E-state index in [1.54, 1.807) is 0 Å². The van der Waals surface area contributed by atoms with Gasteiger partial charge in [0.15, 0.2) is 0 Å². The van der Waals surface area contributed by atoms with Crippen molar-refractivity contribution in [2.45, 2.75) is 20.8 Å². The Morgan fingerprint density at radius 1 is 1.09 bits per heavy atom. The molecule has 68 valence electrons. The first-order valence-electron chi connectivity index (χ1n) is 4.53. The van der Waals surface area contributed by atoms with Crippen molar-refractivity contribution in [2.24, 2.45) is 11.8 Å². The molecule has 0 aromatic carbocycles. The quantitative estimate of drug-likeness (QED) is 0.565. The number of hydrogen-bond acceptors (Lipinski definition) is 2. The average Bonchev–Trinajstić information content (AvgIpc) is 1.97. The van der Waals surface area contributed by atoms with Gasteiger partial charge < -0.3 is 10.6 Å². The highest BCUT2D eigenvalue weighted by molar-refractivity contribution is 4.60. The summed E-state index contributed by atoms with van der Waals surface area (Å²) in [5, 5.41) is 6.51. The van der Waals surface area contributed by atoms with Crippen LogP contribution < -0.4 is 10.6 Å². The summed E-state index contributed by atoms with van der Waals surface area (Å²) in [4.78, 5) is 0. The highest BCUT2D eigenvalue weighted by atomic mass is 14.9. The Balaban J connectivity index is 3.10. The van der Waals surface area contributed by atoms with Crippen molar-refractivity contribution in [1.29, 1.82) is 0 Å². The Hall–Kier alpha value is -0.0800. The molecule has 0 aromatic heterocycles. The van der Waals surface area contributed by atoms with E-state index in [1.165, 1.54) is 0 Å². The van der Waals surface area contributed by atoms with Crippen LogP contribution in [0.5, 0.6) is 0 Å². The minimum Gasteiger partial charge on any atom is -0.318 e. The molecule has 0 aliphatic heterocycles. The molecule has 2 heteroatoms. The molecule has 0 aliphatic carbocycles. The average molecular weight is 158 g/mol. The SMILES string of the molecule is CNCCNC[C@H](C)C(C)C. The van der Waals surface area contributed by atoms with Crippen molar-refractivity contribution in [3.63, 3.8) is 0 Å². The van der Waals surface area contributed by atoms with Crippen LogP contribution >= 0.6 is 0 Å². The molecule has 0 spiro atoms. The van der Waals surface area contributed by atoms with Crippen molar-refractivity contribution in [3.05, 3.63) is 0 Å². The third-order valence-electron chi connectivity index (χ3n) is 2.16. The fourth-order valence-corrected chi connectivity index (χ4v) is 0.779. The highest BCUT2D eigenvalue weighted by Crippen LogP contribution is 2.06. The fourth-order valence-electron chi connectivity index (χ4n) is 0.779. The monoisotopic (exact) mass is 158 g/mol. The second-order valence-electron chi connectivity index (χ2n) is 3.53. The zero-order chi connectivity index (χ0) is 8.69. The zero-order valence-electron chi connectivity index (χ0n) is 8.28. The summed E-state index contributed by atoms with van der Waals surface area (Å²) in [5.74, 6) is 1.57. The zero-order valence-corrected chi connectivity index (χ0v) is 8.28. The maximum Gasteiger partial charge on any atom is 0.00767 e. The van der Waals surface area contributed by atoms with Crippen LogP contribution in [-0.2, 0) is 0 Å². The van der Waals surface area contributed by atoms with Gasteiger partial charge >= 0.3 is 0 Å². The van der Waals surface area contributed by atoms with E-state index in [4.69, 9.17) is 0 Å². The standard InChI is InChI=1S/C9H22N2/c1-8(2)9(3)7-11-6-5-10-4/h8-11H,5-7H2,1-4H3/t9-/m0/s1. The molecule has 1 atom stereocenters. The smallest absolute Gasteiger partial charge is 0.00767 e. The van der Waals surface area contributed by atoms with E-state index < -0.39 is 0 Å². The predicted molar refractivity (Wildman–Crippen MR) is 50.8 cm³/mol. The van der Waals surface area contributed by atoms with Crippen LogP contribution in [0.15, 0.2) is 0 Å². The van der Waals surface area contributed by atoms with Gasteiger partial charge in [0.25, 0.3) is 0 Å². The molecule has 0 aliphatic rings. The lowest BCUT2D eigenvalue weighted by atomic mass is 9.98. The molecule has 0 saturated heterocycles. The second kappa shape index (κ2) is 6.62. The molecule has 0 rings (SSSR count). The Bertz CT molecular complexity index is 81.6. The molecule has 0 radical (unpaired) electrons. The van der Waals surface area contributed by atoms with Gasteiger partial charge in [0.1, 0.15) is 0 Å². The summed E-state index contributed by atoms with van der Waals surface area (Å²) in [6, 6.07) is 0. The van der Waals surface area contributed by atoms with E-state index in [1.807, 2.05) is 7.05 Å². The van der Waals surface area contributed by atoms with Gasteiger partial charge in [-0.25, -0.2) is 0 Å². The molecule has 0 saturated carbocycles. The van der Waals surface area contributed by atoms with Crippen molar-refractivity contribution in [3.8, 4) is 0 Å². The van der Waals surface area contributed by atoms with E-state index in [0.29, 0.717) is 0 Å². The number of likely N-dealkylation sites (N-methyl/N-ethyl adjacent to an activating group) is 1. The number of hydrogen-bond donors (Lipinski definition) is 2. The van der Waals surface area contributed by atoms with E-state index in [9.17, 15) is 0 Å². The third kappa shape index (κ3) is 6.32. The van der Waals surface area contributed by atoms with Gasteiger partial charge in [-0.05, 0) is 25.4 Å². The Kier molecular flexibility index (Phi) is 6.57. The number of rotatable bonds is 6. The van der Waals surface area contributed by atoms with Crippen molar-refractivity contribution in [2.75, 3.05) is 26.7 Å². The summed E-state index contributed by atoms with van der Waals surface area (Å²) in [7, 11) is 1.98. The van der Waals surface area contributed by atoms with Gasteiger partial charge in [-0.2, -0.15) is 0 Å². The van der Waals surface area contributed by atoms with Crippen LogP contribution in [0.25, 0.3) is 0 Å². The summed E-state index contributed by atoms with van der Waals surface area (Å²) in [6.07, 6.45) is 0. The van der Waals surface area contributed by atoms with Gasteiger partial charge in [0.05, 0.1) is 0 Å². The molecular weight excluding hydrogens is 136 g/mol. The van der Waals surface area contributed by atoms with E-state index in [-0.39, 0.29) is 0 Å². The molecular formula is C9H22N2. The normalized spacial score (nSPS) is 13.9. The molecule has 0 aromatic rings. The van der Waals surface area contributed by atoms with Crippen molar-refractivity contribution >= 4 is 0 Å². The van der Waals surface area contributed by atoms with Gasteiger partial charge in [-0.15, -0.1) is 0 Å². The van der Waals surface area contributed by atoms with Crippen LogP contribution in [-0.4, -0.2) is 26.7 Å². The molecule has 11 heavy (non-hydrogen) atoms. The van der Waals surface area contributed by atoms with Crippen LogP contribution in [0.3, 0.4) is 0 Å². The Morgan fingerprint density at radius 2 is 1.73 bits per heavy atom. The molecule has 0 amide bonds. The maximum atomic E-state index is 3.40. The van der Waals surface area contributed by atoms with Gasteiger partial charge in [0, 0.05) is 13.1 Å². The molecule has 2 nitrogen and oxygen atoms in total. The largest absolute Gasteiger partial charge is 0.318 e. The maximum absolute atomic E-state index is 3.40. The Labute approximate surface area is 70.8 Å². The number of nitrogens with one attached hydrogen (secondary N) is 2. The van der Waals surface area contributed by atoms with Crippen LogP contribution in [0.1, 0.15) is 20.8 Å².